The van der Waals surface area contributed by atoms with Crippen LogP contribution in [0.25, 0.3) is 0 Å². The number of nitrogens with one attached hydrogen (secondary N) is 1. The maximum absolute atomic E-state index is 10.9. The fourth-order valence-corrected chi connectivity index (χ4v) is 0.912. The molecule has 1 rings (SSSR count). The number of carbonyl (C=O) groups excluding carboxylic acids is 1. The van der Waals surface area contributed by atoms with E-state index in [2.05, 4.69) is 0 Å². The molecule has 1 radical (unpaired) electrons. The highest BCUT2D eigenvalue weighted by Gasteiger charge is 2.00. The summed E-state index contributed by atoms with van der Waals surface area (Å²) in [6.45, 7) is 0.396. The standard InChI is InChI=1S/C10H12NO2/c11-7-6-10(12)13-8-9-4-2-1-3-5-9/h1-5,11H,6-8H2. The zero-order valence-electron chi connectivity index (χ0n) is 7.32. The van der Waals surface area contributed by atoms with Gasteiger partial charge in [0.05, 0.1) is 6.42 Å². The minimum atomic E-state index is -0.307. The number of esters is 1. The molecule has 69 valence electrons. The molecule has 0 bridgehead atoms. The molecule has 0 unspecified atom stereocenters. The fraction of sp³-hybridized carbons (Fsp3) is 0.300. The van der Waals surface area contributed by atoms with E-state index < -0.39 is 0 Å². The first-order valence-electron chi connectivity index (χ1n) is 4.17. The quantitative estimate of drug-likeness (QED) is 0.654. The average Bonchev–Trinajstić information content (AvgIpc) is 2.17. The Morgan fingerprint density at radius 2 is 2.00 bits per heavy atom. The average molecular weight is 178 g/mol. The van der Waals surface area contributed by atoms with E-state index in [-0.39, 0.29) is 18.9 Å². The molecule has 0 heterocycles. The molecule has 1 N–H and O–H groups in total. The molecule has 0 aliphatic rings. The lowest BCUT2D eigenvalue weighted by Gasteiger charge is -2.02. The summed E-state index contributed by atoms with van der Waals surface area (Å²) in [4.78, 5) is 10.9. The Hall–Kier alpha value is -1.35. The Balaban J connectivity index is 2.31. The maximum atomic E-state index is 10.9. The molecule has 0 fully saturated rings. The van der Waals surface area contributed by atoms with E-state index in [0.29, 0.717) is 6.61 Å². The lowest BCUT2D eigenvalue weighted by atomic mass is 10.2. The van der Waals surface area contributed by atoms with Crippen LogP contribution >= 0.6 is 0 Å². The van der Waals surface area contributed by atoms with Gasteiger partial charge >= 0.3 is 5.97 Å². The van der Waals surface area contributed by atoms with Crippen LogP contribution in [0.2, 0.25) is 0 Å². The van der Waals surface area contributed by atoms with Crippen LogP contribution < -0.4 is 5.73 Å². The predicted octanol–water partition coefficient (Wildman–Crippen LogP) is 1.40. The molecule has 0 aromatic heterocycles. The van der Waals surface area contributed by atoms with Gasteiger partial charge in [-0.2, -0.15) is 0 Å². The predicted molar refractivity (Wildman–Crippen MR) is 48.8 cm³/mol. The van der Waals surface area contributed by atoms with E-state index in [4.69, 9.17) is 10.5 Å². The molecule has 1 aromatic rings. The Morgan fingerprint density at radius 3 is 2.62 bits per heavy atom. The van der Waals surface area contributed by atoms with Crippen molar-refractivity contribution in [3.63, 3.8) is 0 Å². The molecule has 0 amide bonds. The summed E-state index contributed by atoms with van der Waals surface area (Å²) in [7, 11) is 0. The molecule has 3 nitrogen and oxygen atoms in total. The first-order valence-corrected chi connectivity index (χ1v) is 4.17. The van der Waals surface area contributed by atoms with Crippen molar-refractivity contribution in [2.75, 3.05) is 6.54 Å². The molecule has 3 heteroatoms. The van der Waals surface area contributed by atoms with E-state index in [1.807, 2.05) is 30.3 Å². The van der Waals surface area contributed by atoms with E-state index >= 15 is 0 Å². The highest BCUT2D eigenvalue weighted by molar-refractivity contribution is 5.69. The zero-order valence-corrected chi connectivity index (χ0v) is 7.32. The number of carbonyl (C=O) groups is 1. The highest BCUT2D eigenvalue weighted by Crippen LogP contribution is 2.01. The van der Waals surface area contributed by atoms with Gasteiger partial charge in [0, 0.05) is 6.54 Å². The van der Waals surface area contributed by atoms with Gasteiger partial charge in [-0.25, -0.2) is 0 Å². The number of rotatable bonds is 4. The minimum Gasteiger partial charge on any atom is -0.461 e. The Kier molecular flexibility index (Phi) is 3.99. The molecular formula is C10H12NO2. The SMILES string of the molecule is [NH]CCC(=O)OCc1ccccc1. The van der Waals surface area contributed by atoms with Crippen molar-refractivity contribution in [2.24, 2.45) is 0 Å². The minimum absolute atomic E-state index is 0.0909. The highest BCUT2D eigenvalue weighted by atomic mass is 16.5. The van der Waals surface area contributed by atoms with Gasteiger partial charge in [-0.05, 0) is 5.56 Å². The molecule has 0 atom stereocenters. The summed E-state index contributed by atoms with van der Waals surface area (Å²) in [5.74, 6) is -0.307. The van der Waals surface area contributed by atoms with Crippen molar-refractivity contribution < 1.29 is 9.53 Å². The van der Waals surface area contributed by atoms with Gasteiger partial charge in [-0.3, -0.25) is 10.5 Å². The van der Waals surface area contributed by atoms with Crippen LogP contribution in [0.3, 0.4) is 0 Å². The molecule has 1 aromatic carbocycles. The molecule has 0 aliphatic heterocycles. The van der Waals surface area contributed by atoms with Crippen molar-refractivity contribution >= 4 is 5.97 Å². The summed E-state index contributed by atoms with van der Waals surface area (Å²) in [6.07, 6.45) is 0.173. The molecular weight excluding hydrogens is 166 g/mol. The van der Waals surface area contributed by atoms with Gasteiger partial charge in [-0.15, -0.1) is 0 Å². The van der Waals surface area contributed by atoms with Crippen molar-refractivity contribution in [1.29, 1.82) is 0 Å². The molecule has 0 saturated heterocycles. The number of hydrogen-bond acceptors (Lipinski definition) is 2. The van der Waals surface area contributed by atoms with Gasteiger partial charge < -0.3 is 4.74 Å². The maximum Gasteiger partial charge on any atom is 0.307 e. The van der Waals surface area contributed by atoms with Crippen LogP contribution in [0.4, 0.5) is 0 Å². The zero-order chi connectivity index (χ0) is 9.52. The van der Waals surface area contributed by atoms with Crippen molar-refractivity contribution in [1.82, 2.24) is 5.73 Å². The van der Waals surface area contributed by atoms with Crippen LogP contribution in [-0.2, 0) is 16.1 Å². The first-order chi connectivity index (χ1) is 6.33. The van der Waals surface area contributed by atoms with E-state index in [9.17, 15) is 4.79 Å². The number of benzene rings is 1. The number of ether oxygens (including phenoxy) is 1. The van der Waals surface area contributed by atoms with Crippen LogP contribution in [-0.4, -0.2) is 12.5 Å². The van der Waals surface area contributed by atoms with Crippen molar-refractivity contribution in [3.05, 3.63) is 35.9 Å². The third kappa shape index (κ3) is 3.71. The monoisotopic (exact) mass is 178 g/mol. The normalized spacial score (nSPS) is 9.62. The first kappa shape index (κ1) is 9.74. The second kappa shape index (κ2) is 5.32. The van der Waals surface area contributed by atoms with Crippen LogP contribution in [0.5, 0.6) is 0 Å². The van der Waals surface area contributed by atoms with Gasteiger partial charge in [0.15, 0.2) is 0 Å². The van der Waals surface area contributed by atoms with E-state index in [1.165, 1.54) is 0 Å². The summed E-state index contributed by atoms with van der Waals surface area (Å²) in [5, 5.41) is 0. The van der Waals surface area contributed by atoms with Crippen LogP contribution in [0.1, 0.15) is 12.0 Å². The molecule has 0 saturated carbocycles. The molecule has 13 heavy (non-hydrogen) atoms. The van der Waals surface area contributed by atoms with Gasteiger partial charge in [-0.1, -0.05) is 30.3 Å². The second-order valence-electron chi connectivity index (χ2n) is 2.65. The van der Waals surface area contributed by atoms with Gasteiger partial charge in [0.2, 0.25) is 0 Å². The van der Waals surface area contributed by atoms with Gasteiger partial charge in [0.1, 0.15) is 6.61 Å². The summed E-state index contributed by atoms with van der Waals surface area (Å²) in [6, 6.07) is 9.50. The molecule has 0 spiro atoms. The molecule has 0 aliphatic carbocycles. The Morgan fingerprint density at radius 1 is 1.31 bits per heavy atom. The Labute approximate surface area is 77.5 Å². The van der Waals surface area contributed by atoms with Crippen LogP contribution in [0, 0.1) is 0 Å². The summed E-state index contributed by atoms with van der Waals surface area (Å²) in [5.41, 5.74) is 7.79. The summed E-state index contributed by atoms with van der Waals surface area (Å²) < 4.78 is 4.91. The smallest absolute Gasteiger partial charge is 0.307 e. The van der Waals surface area contributed by atoms with Crippen LogP contribution in [0.15, 0.2) is 30.3 Å². The lowest BCUT2D eigenvalue weighted by molar-refractivity contribution is -0.144. The third-order valence-corrected chi connectivity index (χ3v) is 1.57. The second-order valence-corrected chi connectivity index (χ2v) is 2.65. The van der Waals surface area contributed by atoms with Crippen molar-refractivity contribution in [2.45, 2.75) is 13.0 Å². The number of hydrogen-bond donors (Lipinski definition) is 0. The van der Waals surface area contributed by atoms with Gasteiger partial charge in [0.25, 0.3) is 0 Å². The van der Waals surface area contributed by atoms with Crippen molar-refractivity contribution in [3.8, 4) is 0 Å². The van der Waals surface area contributed by atoms with E-state index in [0.717, 1.165) is 5.56 Å². The fourth-order valence-electron chi connectivity index (χ4n) is 0.912. The third-order valence-electron chi connectivity index (χ3n) is 1.57. The largest absolute Gasteiger partial charge is 0.461 e. The topological polar surface area (TPSA) is 50.1 Å². The Bertz CT molecular complexity index is 259. The summed E-state index contributed by atoms with van der Waals surface area (Å²) >= 11 is 0. The van der Waals surface area contributed by atoms with E-state index in [1.54, 1.807) is 0 Å². The lowest BCUT2D eigenvalue weighted by Crippen LogP contribution is -2.06.